The number of rotatable bonds is 5. The maximum Gasteiger partial charge on any atom is 0.0621 e. The van der Waals surface area contributed by atoms with Gasteiger partial charge in [-0.1, -0.05) is 29.8 Å². The summed E-state index contributed by atoms with van der Waals surface area (Å²) in [7, 11) is 0. The van der Waals surface area contributed by atoms with E-state index in [2.05, 4.69) is 37.3 Å². The topological polar surface area (TPSA) is 44.0 Å². The van der Waals surface area contributed by atoms with Gasteiger partial charge in [-0.3, -0.25) is 0 Å². The van der Waals surface area contributed by atoms with E-state index in [4.69, 9.17) is 10.4 Å². The van der Waals surface area contributed by atoms with Crippen LogP contribution < -0.4 is 0 Å². The largest absolute Gasteiger partial charge is 0.396 e. The van der Waals surface area contributed by atoms with Gasteiger partial charge in [0.05, 0.1) is 6.07 Å². The number of nitriles is 1. The molecule has 0 aliphatic rings. The lowest BCUT2D eigenvalue weighted by Gasteiger charge is -2.12. The molecule has 0 saturated carbocycles. The summed E-state index contributed by atoms with van der Waals surface area (Å²) in [6.07, 6.45) is 2.16. The monoisotopic (exact) mass is 203 g/mol. The number of hydrogen-bond donors (Lipinski definition) is 1. The van der Waals surface area contributed by atoms with Crippen molar-refractivity contribution in [3.05, 3.63) is 35.4 Å². The Bertz CT molecular complexity index is 323. The number of hydrogen-bond acceptors (Lipinski definition) is 2. The zero-order valence-electron chi connectivity index (χ0n) is 9.11. The van der Waals surface area contributed by atoms with Gasteiger partial charge in [-0.05, 0) is 31.2 Å². The van der Waals surface area contributed by atoms with Crippen molar-refractivity contribution >= 4 is 0 Å². The van der Waals surface area contributed by atoms with Crippen molar-refractivity contribution in [2.24, 2.45) is 5.92 Å². The quantitative estimate of drug-likeness (QED) is 0.798. The first-order valence-electron chi connectivity index (χ1n) is 5.29. The van der Waals surface area contributed by atoms with Gasteiger partial charge in [0.1, 0.15) is 0 Å². The molecule has 0 aromatic heterocycles. The molecule has 0 saturated heterocycles. The summed E-state index contributed by atoms with van der Waals surface area (Å²) in [5.41, 5.74) is 2.48. The highest BCUT2D eigenvalue weighted by Gasteiger charge is 2.07. The van der Waals surface area contributed by atoms with Crippen molar-refractivity contribution in [2.75, 3.05) is 6.61 Å². The average molecular weight is 203 g/mol. The standard InChI is InChI=1S/C13H17NO/c1-11-4-6-12(7-5-11)9-13(10-15)3-2-8-14/h4-7,13,15H,2-3,9-10H2,1H3/t13-/m0/s1. The Morgan fingerprint density at radius 1 is 1.33 bits per heavy atom. The van der Waals surface area contributed by atoms with E-state index >= 15 is 0 Å². The first-order chi connectivity index (χ1) is 7.26. The molecule has 1 aromatic carbocycles. The van der Waals surface area contributed by atoms with Crippen molar-refractivity contribution in [2.45, 2.75) is 26.2 Å². The predicted octanol–water partition coefficient (Wildman–Crippen LogP) is 2.45. The van der Waals surface area contributed by atoms with Gasteiger partial charge in [0.25, 0.3) is 0 Å². The molecule has 0 fully saturated rings. The van der Waals surface area contributed by atoms with Gasteiger partial charge in [-0.2, -0.15) is 5.26 Å². The van der Waals surface area contributed by atoms with E-state index in [1.807, 2.05) is 0 Å². The van der Waals surface area contributed by atoms with Crippen molar-refractivity contribution in [3.63, 3.8) is 0 Å². The van der Waals surface area contributed by atoms with Crippen LogP contribution in [0.4, 0.5) is 0 Å². The van der Waals surface area contributed by atoms with Crippen LogP contribution in [0.25, 0.3) is 0 Å². The predicted molar refractivity (Wildman–Crippen MR) is 60.3 cm³/mol. The molecule has 0 aliphatic carbocycles. The molecule has 0 bridgehead atoms. The summed E-state index contributed by atoms with van der Waals surface area (Å²) in [5, 5.41) is 17.6. The fourth-order valence-corrected chi connectivity index (χ4v) is 1.58. The second-order valence-corrected chi connectivity index (χ2v) is 3.94. The highest BCUT2D eigenvalue weighted by Crippen LogP contribution is 2.14. The first kappa shape index (κ1) is 11.7. The molecule has 0 amide bonds. The molecule has 1 N–H and O–H groups in total. The lowest BCUT2D eigenvalue weighted by molar-refractivity contribution is 0.219. The highest BCUT2D eigenvalue weighted by atomic mass is 16.3. The van der Waals surface area contributed by atoms with Crippen molar-refractivity contribution in [3.8, 4) is 6.07 Å². The minimum Gasteiger partial charge on any atom is -0.396 e. The van der Waals surface area contributed by atoms with Crippen LogP contribution in [-0.2, 0) is 6.42 Å². The second-order valence-electron chi connectivity index (χ2n) is 3.94. The highest BCUT2D eigenvalue weighted by molar-refractivity contribution is 5.21. The number of aliphatic hydroxyl groups is 1. The molecular formula is C13H17NO. The van der Waals surface area contributed by atoms with Crippen molar-refractivity contribution in [1.29, 1.82) is 5.26 Å². The maximum absolute atomic E-state index is 9.16. The Kier molecular flexibility index (Phi) is 4.86. The molecule has 0 heterocycles. The van der Waals surface area contributed by atoms with Crippen LogP contribution in [0.15, 0.2) is 24.3 Å². The van der Waals surface area contributed by atoms with Gasteiger partial charge in [-0.15, -0.1) is 0 Å². The third-order valence-corrected chi connectivity index (χ3v) is 2.57. The fourth-order valence-electron chi connectivity index (χ4n) is 1.58. The summed E-state index contributed by atoms with van der Waals surface area (Å²) in [6.45, 7) is 2.22. The number of aryl methyl sites for hydroxylation is 1. The van der Waals surface area contributed by atoms with Crippen LogP contribution in [-0.4, -0.2) is 11.7 Å². The Labute approximate surface area is 91.2 Å². The van der Waals surface area contributed by atoms with Gasteiger partial charge < -0.3 is 5.11 Å². The van der Waals surface area contributed by atoms with E-state index in [0.717, 1.165) is 12.8 Å². The zero-order chi connectivity index (χ0) is 11.1. The molecule has 1 aromatic rings. The molecule has 0 unspecified atom stereocenters. The molecule has 15 heavy (non-hydrogen) atoms. The average Bonchev–Trinajstić information content (AvgIpc) is 2.27. The summed E-state index contributed by atoms with van der Waals surface area (Å²) in [4.78, 5) is 0. The van der Waals surface area contributed by atoms with Gasteiger partial charge in [0.15, 0.2) is 0 Å². The molecule has 0 radical (unpaired) electrons. The second kappa shape index (κ2) is 6.21. The van der Waals surface area contributed by atoms with Crippen molar-refractivity contribution < 1.29 is 5.11 Å². The molecule has 80 valence electrons. The molecule has 0 spiro atoms. The van der Waals surface area contributed by atoms with E-state index < -0.39 is 0 Å². The Balaban J connectivity index is 2.51. The Hall–Kier alpha value is -1.33. The minimum absolute atomic E-state index is 0.162. The van der Waals surface area contributed by atoms with Crippen LogP contribution in [0.2, 0.25) is 0 Å². The van der Waals surface area contributed by atoms with E-state index in [-0.39, 0.29) is 12.5 Å². The van der Waals surface area contributed by atoms with Gasteiger partial charge in [0.2, 0.25) is 0 Å². The lowest BCUT2D eigenvalue weighted by Crippen LogP contribution is -2.09. The molecule has 2 nitrogen and oxygen atoms in total. The molecule has 2 heteroatoms. The van der Waals surface area contributed by atoms with Crippen LogP contribution in [0, 0.1) is 24.2 Å². The van der Waals surface area contributed by atoms with Crippen LogP contribution in [0.3, 0.4) is 0 Å². The zero-order valence-corrected chi connectivity index (χ0v) is 9.11. The third kappa shape index (κ3) is 4.14. The molecule has 0 aliphatic heterocycles. The Morgan fingerprint density at radius 3 is 2.53 bits per heavy atom. The summed E-state index contributed by atoms with van der Waals surface area (Å²) < 4.78 is 0. The van der Waals surface area contributed by atoms with Crippen molar-refractivity contribution in [1.82, 2.24) is 0 Å². The number of benzene rings is 1. The molecule has 1 atom stereocenters. The first-order valence-corrected chi connectivity index (χ1v) is 5.29. The van der Waals surface area contributed by atoms with E-state index in [1.54, 1.807) is 0 Å². The van der Waals surface area contributed by atoms with Crippen LogP contribution in [0.5, 0.6) is 0 Å². The maximum atomic E-state index is 9.16. The third-order valence-electron chi connectivity index (χ3n) is 2.57. The number of nitrogens with zero attached hydrogens (tertiary/aromatic N) is 1. The van der Waals surface area contributed by atoms with Gasteiger partial charge in [-0.25, -0.2) is 0 Å². The normalized spacial score (nSPS) is 12.1. The number of aliphatic hydroxyl groups excluding tert-OH is 1. The van der Waals surface area contributed by atoms with Gasteiger partial charge in [0, 0.05) is 13.0 Å². The summed E-state index contributed by atoms with van der Waals surface area (Å²) in [5.74, 6) is 0.215. The molecule has 1 rings (SSSR count). The van der Waals surface area contributed by atoms with E-state index in [9.17, 15) is 0 Å². The van der Waals surface area contributed by atoms with Gasteiger partial charge >= 0.3 is 0 Å². The van der Waals surface area contributed by atoms with E-state index in [0.29, 0.717) is 6.42 Å². The van der Waals surface area contributed by atoms with E-state index in [1.165, 1.54) is 11.1 Å². The van der Waals surface area contributed by atoms with Crippen LogP contribution >= 0.6 is 0 Å². The minimum atomic E-state index is 0.162. The summed E-state index contributed by atoms with van der Waals surface area (Å²) >= 11 is 0. The smallest absolute Gasteiger partial charge is 0.0621 e. The lowest BCUT2D eigenvalue weighted by atomic mass is 9.95. The SMILES string of the molecule is Cc1ccc(C[C@@H](CO)CCC#N)cc1. The summed E-state index contributed by atoms with van der Waals surface area (Å²) in [6, 6.07) is 10.4. The fraction of sp³-hybridized carbons (Fsp3) is 0.462. The molecular weight excluding hydrogens is 186 g/mol. The Morgan fingerprint density at radius 2 is 2.00 bits per heavy atom. The van der Waals surface area contributed by atoms with Crippen LogP contribution in [0.1, 0.15) is 24.0 Å².